The van der Waals surface area contributed by atoms with Gasteiger partial charge in [0.05, 0.1) is 10.5 Å². The first kappa shape index (κ1) is 15.7. The third-order valence-corrected chi connectivity index (χ3v) is 4.58. The topological polar surface area (TPSA) is 74.7 Å². The van der Waals surface area contributed by atoms with E-state index in [-0.39, 0.29) is 16.4 Å². The first-order valence-corrected chi connectivity index (χ1v) is 7.56. The number of carboxylic acids is 1. The third-order valence-electron chi connectivity index (χ3n) is 2.64. The van der Waals surface area contributed by atoms with Crippen LogP contribution in [0, 0.1) is 5.92 Å². The van der Waals surface area contributed by atoms with E-state index in [1.54, 1.807) is 6.92 Å². The van der Waals surface area contributed by atoms with Gasteiger partial charge in [-0.3, -0.25) is 0 Å². The molecule has 19 heavy (non-hydrogen) atoms. The van der Waals surface area contributed by atoms with E-state index in [1.165, 1.54) is 28.6 Å². The Morgan fingerprint density at radius 3 is 2.47 bits per heavy atom. The highest BCUT2D eigenvalue weighted by molar-refractivity contribution is 7.89. The van der Waals surface area contributed by atoms with E-state index in [2.05, 4.69) is 0 Å². The normalized spacial score (nSPS) is 12.1. The third kappa shape index (κ3) is 3.78. The van der Waals surface area contributed by atoms with Crippen LogP contribution < -0.4 is 0 Å². The zero-order valence-electron chi connectivity index (χ0n) is 11.3. The molecule has 1 aromatic rings. The zero-order valence-corrected chi connectivity index (χ0v) is 12.1. The molecule has 1 aromatic carbocycles. The number of rotatable bonds is 6. The second kappa shape index (κ2) is 6.16. The van der Waals surface area contributed by atoms with Gasteiger partial charge in [0.25, 0.3) is 0 Å². The Labute approximate surface area is 113 Å². The molecule has 0 fully saturated rings. The van der Waals surface area contributed by atoms with Crippen molar-refractivity contribution in [1.29, 1.82) is 0 Å². The van der Waals surface area contributed by atoms with Crippen LogP contribution in [-0.4, -0.2) is 36.9 Å². The predicted octanol–water partition coefficient (Wildman–Crippen LogP) is 2.05. The summed E-state index contributed by atoms with van der Waals surface area (Å²) in [5.41, 5.74) is -0.0262. The molecule has 0 aliphatic carbocycles. The number of carboxylic acid groups (broad SMARTS) is 1. The number of nitrogens with zero attached hydrogens (tertiary/aromatic N) is 1. The van der Waals surface area contributed by atoms with Crippen molar-refractivity contribution in [2.75, 3.05) is 13.1 Å². The Balaban J connectivity index is 3.18. The van der Waals surface area contributed by atoms with Crippen molar-refractivity contribution in [3.63, 3.8) is 0 Å². The molecule has 0 unspecified atom stereocenters. The van der Waals surface area contributed by atoms with E-state index < -0.39 is 16.0 Å². The molecular weight excluding hydrogens is 266 g/mol. The van der Waals surface area contributed by atoms with Crippen LogP contribution in [0.1, 0.15) is 31.1 Å². The maximum atomic E-state index is 12.4. The summed E-state index contributed by atoms with van der Waals surface area (Å²) in [6, 6.07) is 5.44. The van der Waals surface area contributed by atoms with Crippen LogP contribution in [0.3, 0.4) is 0 Å². The molecular formula is C13H19NO4S. The molecule has 0 saturated heterocycles. The van der Waals surface area contributed by atoms with Crippen LogP contribution in [0.25, 0.3) is 0 Å². The van der Waals surface area contributed by atoms with Gasteiger partial charge in [-0.05, 0) is 24.1 Å². The van der Waals surface area contributed by atoms with Gasteiger partial charge >= 0.3 is 5.97 Å². The second-order valence-electron chi connectivity index (χ2n) is 4.68. The van der Waals surface area contributed by atoms with Crippen molar-refractivity contribution >= 4 is 16.0 Å². The summed E-state index contributed by atoms with van der Waals surface area (Å²) < 4.78 is 26.2. The fourth-order valence-electron chi connectivity index (χ4n) is 1.74. The lowest BCUT2D eigenvalue weighted by atomic mass is 10.2. The van der Waals surface area contributed by atoms with Gasteiger partial charge in [0.1, 0.15) is 0 Å². The monoisotopic (exact) mass is 285 g/mol. The zero-order chi connectivity index (χ0) is 14.6. The lowest BCUT2D eigenvalue weighted by Crippen LogP contribution is -2.34. The van der Waals surface area contributed by atoms with Crippen LogP contribution in [0.5, 0.6) is 0 Å². The van der Waals surface area contributed by atoms with Crippen LogP contribution in [0.15, 0.2) is 29.2 Å². The van der Waals surface area contributed by atoms with Crippen LogP contribution in [0.2, 0.25) is 0 Å². The molecule has 1 N–H and O–H groups in total. The van der Waals surface area contributed by atoms with E-state index >= 15 is 0 Å². The number of hydrogen-bond acceptors (Lipinski definition) is 3. The molecule has 0 aliphatic heterocycles. The van der Waals surface area contributed by atoms with Gasteiger partial charge in [-0.25, -0.2) is 13.2 Å². The van der Waals surface area contributed by atoms with E-state index in [1.807, 2.05) is 13.8 Å². The molecule has 6 heteroatoms. The number of aromatic carboxylic acids is 1. The molecule has 0 radical (unpaired) electrons. The van der Waals surface area contributed by atoms with Crippen molar-refractivity contribution in [3.05, 3.63) is 29.8 Å². The standard InChI is InChI=1S/C13H19NO4S/c1-4-14(9-10(2)3)19(17,18)12-7-5-6-11(8-12)13(15)16/h5-8,10H,4,9H2,1-3H3,(H,15,16). The summed E-state index contributed by atoms with van der Waals surface area (Å²) in [7, 11) is -3.63. The molecule has 5 nitrogen and oxygen atoms in total. The summed E-state index contributed by atoms with van der Waals surface area (Å²) in [6.07, 6.45) is 0. The fourth-order valence-corrected chi connectivity index (χ4v) is 3.40. The van der Waals surface area contributed by atoms with Gasteiger partial charge < -0.3 is 5.11 Å². The molecule has 0 bridgehead atoms. The van der Waals surface area contributed by atoms with Crippen LogP contribution in [0.4, 0.5) is 0 Å². The SMILES string of the molecule is CCN(CC(C)C)S(=O)(=O)c1cccc(C(=O)O)c1. The van der Waals surface area contributed by atoms with E-state index in [0.29, 0.717) is 13.1 Å². The second-order valence-corrected chi connectivity index (χ2v) is 6.62. The Morgan fingerprint density at radius 1 is 1.37 bits per heavy atom. The summed E-state index contributed by atoms with van der Waals surface area (Å²) in [6.45, 7) is 6.41. The molecule has 0 atom stereocenters. The average Bonchev–Trinajstić information content (AvgIpc) is 2.35. The average molecular weight is 285 g/mol. The van der Waals surface area contributed by atoms with Gasteiger partial charge in [0.15, 0.2) is 0 Å². The highest BCUT2D eigenvalue weighted by atomic mass is 32.2. The molecule has 0 spiro atoms. The van der Waals surface area contributed by atoms with Gasteiger partial charge in [-0.1, -0.05) is 26.8 Å². The maximum Gasteiger partial charge on any atom is 0.335 e. The van der Waals surface area contributed by atoms with Gasteiger partial charge in [0, 0.05) is 13.1 Å². The Morgan fingerprint density at radius 2 is 2.00 bits per heavy atom. The largest absolute Gasteiger partial charge is 0.478 e. The molecule has 0 amide bonds. The highest BCUT2D eigenvalue weighted by Crippen LogP contribution is 2.18. The summed E-state index contributed by atoms with van der Waals surface area (Å²) in [5.74, 6) is -0.929. The molecule has 0 saturated carbocycles. The molecule has 0 heterocycles. The van der Waals surface area contributed by atoms with E-state index in [9.17, 15) is 13.2 Å². The Hall–Kier alpha value is -1.40. The highest BCUT2D eigenvalue weighted by Gasteiger charge is 2.24. The lowest BCUT2D eigenvalue weighted by Gasteiger charge is -2.22. The minimum atomic E-state index is -3.63. The number of hydrogen-bond donors (Lipinski definition) is 1. The van der Waals surface area contributed by atoms with E-state index in [4.69, 9.17) is 5.11 Å². The lowest BCUT2D eigenvalue weighted by molar-refractivity contribution is 0.0696. The first-order chi connectivity index (χ1) is 8.78. The van der Waals surface area contributed by atoms with Crippen molar-refractivity contribution in [2.45, 2.75) is 25.7 Å². The fraction of sp³-hybridized carbons (Fsp3) is 0.462. The van der Waals surface area contributed by atoms with Crippen molar-refractivity contribution in [2.24, 2.45) is 5.92 Å². The summed E-state index contributed by atoms with van der Waals surface area (Å²) in [4.78, 5) is 10.9. The van der Waals surface area contributed by atoms with Crippen molar-refractivity contribution in [1.82, 2.24) is 4.31 Å². The quantitative estimate of drug-likeness (QED) is 0.868. The Bertz CT molecular complexity index is 552. The van der Waals surface area contributed by atoms with Crippen molar-refractivity contribution in [3.8, 4) is 0 Å². The molecule has 106 valence electrons. The van der Waals surface area contributed by atoms with E-state index in [0.717, 1.165) is 0 Å². The first-order valence-electron chi connectivity index (χ1n) is 6.12. The summed E-state index contributed by atoms with van der Waals surface area (Å²) in [5, 5.41) is 8.91. The number of sulfonamides is 1. The van der Waals surface area contributed by atoms with Crippen LogP contribution >= 0.6 is 0 Å². The maximum absolute atomic E-state index is 12.4. The molecule has 0 aromatic heterocycles. The Kier molecular flexibility index (Phi) is 5.08. The van der Waals surface area contributed by atoms with Crippen LogP contribution in [-0.2, 0) is 10.0 Å². The van der Waals surface area contributed by atoms with Gasteiger partial charge in [-0.2, -0.15) is 4.31 Å². The van der Waals surface area contributed by atoms with Crippen molar-refractivity contribution < 1.29 is 18.3 Å². The number of carbonyl (C=O) groups is 1. The predicted molar refractivity (Wildman–Crippen MR) is 72.7 cm³/mol. The minimum Gasteiger partial charge on any atom is -0.478 e. The molecule has 0 aliphatic rings. The van der Waals surface area contributed by atoms with Gasteiger partial charge in [-0.15, -0.1) is 0 Å². The smallest absolute Gasteiger partial charge is 0.335 e. The summed E-state index contributed by atoms with van der Waals surface area (Å²) >= 11 is 0. The molecule has 1 rings (SSSR count). The number of benzene rings is 1. The van der Waals surface area contributed by atoms with Gasteiger partial charge in [0.2, 0.25) is 10.0 Å². The minimum absolute atomic E-state index is 0.0231.